The Morgan fingerprint density at radius 2 is 2.33 bits per heavy atom. The number of nitrogens with zero attached hydrogens (tertiary/aromatic N) is 2. The van der Waals surface area contributed by atoms with Crippen molar-refractivity contribution in [3.05, 3.63) is 21.9 Å². The molecule has 0 aromatic carbocycles. The zero-order valence-corrected chi connectivity index (χ0v) is 10.4. The summed E-state index contributed by atoms with van der Waals surface area (Å²) in [5, 5.41) is 11.7. The smallest absolute Gasteiger partial charge is 0.183 e. The van der Waals surface area contributed by atoms with E-state index in [-0.39, 0.29) is 0 Å². The number of aryl methyl sites for hydroxylation is 1. The minimum absolute atomic E-state index is 0.648. The Bertz CT molecular complexity index is 376. The highest BCUT2D eigenvalue weighted by Gasteiger charge is 1.99. The molecule has 5 heteroatoms. The molecule has 0 saturated heterocycles. The van der Waals surface area contributed by atoms with E-state index in [4.69, 9.17) is 5.26 Å². The number of nitriles is 1. The van der Waals surface area contributed by atoms with Gasteiger partial charge in [0.1, 0.15) is 0 Å². The fourth-order valence-electron chi connectivity index (χ4n) is 1.05. The first-order valence-corrected chi connectivity index (χ1v) is 6.65. The van der Waals surface area contributed by atoms with Crippen LogP contribution in [0.1, 0.15) is 16.7 Å². The molecule has 1 aromatic heterocycles. The molecule has 80 valence electrons. The van der Waals surface area contributed by atoms with Crippen LogP contribution in [0.15, 0.2) is 17.1 Å². The summed E-state index contributed by atoms with van der Waals surface area (Å²) in [6.07, 6.45) is 4.84. The van der Waals surface area contributed by atoms with Gasteiger partial charge in [-0.3, -0.25) is 10.3 Å². The largest absolute Gasteiger partial charge is 0.272 e. The molecule has 0 unspecified atom stereocenters. The van der Waals surface area contributed by atoms with Crippen molar-refractivity contribution in [2.75, 3.05) is 6.26 Å². The maximum atomic E-state index is 8.45. The number of thioether (sulfide) groups is 1. The Morgan fingerprint density at radius 1 is 1.60 bits per heavy atom. The van der Waals surface area contributed by atoms with Crippen molar-refractivity contribution < 1.29 is 0 Å². The fraction of sp³-hybridized carbons (Fsp3) is 0.400. The lowest BCUT2D eigenvalue weighted by Gasteiger charge is -1.97. The van der Waals surface area contributed by atoms with E-state index in [1.54, 1.807) is 11.3 Å². The number of thiophene rings is 1. The van der Waals surface area contributed by atoms with Gasteiger partial charge < -0.3 is 0 Å². The summed E-state index contributed by atoms with van der Waals surface area (Å²) >= 11 is 3.22. The molecular weight excluding hydrogens is 226 g/mol. The Hall–Kier alpha value is -0.990. The lowest BCUT2D eigenvalue weighted by atomic mass is 10.4. The van der Waals surface area contributed by atoms with Gasteiger partial charge in [-0.15, -0.1) is 11.3 Å². The van der Waals surface area contributed by atoms with Crippen LogP contribution in [0.3, 0.4) is 0 Å². The summed E-state index contributed by atoms with van der Waals surface area (Å²) in [7, 11) is 0. The topological polar surface area (TPSA) is 48.2 Å². The molecule has 0 spiro atoms. The molecule has 0 fully saturated rings. The van der Waals surface area contributed by atoms with E-state index in [2.05, 4.69) is 29.4 Å². The van der Waals surface area contributed by atoms with E-state index in [0.717, 1.165) is 6.42 Å². The first-order valence-electron chi connectivity index (χ1n) is 4.61. The van der Waals surface area contributed by atoms with Gasteiger partial charge in [0.2, 0.25) is 0 Å². The van der Waals surface area contributed by atoms with E-state index >= 15 is 0 Å². The average molecular weight is 239 g/mol. The van der Waals surface area contributed by atoms with E-state index in [1.807, 2.05) is 12.4 Å². The van der Waals surface area contributed by atoms with Crippen molar-refractivity contribution >= 4 is 28.3 Å². The molecule has 0 radical (unpaired) electrons. The zero-order chi connectivity index (χ0) is 11.1. The Kier molecular flexibility index (Phi) is 5.22. The predicted molar refractivity (Wildman–Crippen MR) is 67.1 cm³/mol. The normalized spacial score (nSPS) is 11.1. The van der Waals surface area contributed by atoms with Gasteiger partial charge in [-0.25, -0.2) is 0 Å². The lowest BCUT2D eigenvalue weighted by molar-refractivity contribution is 1.09. The molecule has 0 saturated carbocycles. The van der Waals surface area contributed by atoms with Crippen LogP contribution in [0.2, 0.25) is 0 Å². The van der Waals surface area contributed by atoms with Crippen LogP contribution >= 0.6 is 23.1 Å². The van der Waals surface area contributed by atoms with Crippen LogP contribution in [0.4, 0.5) is 0 Å². The summed E-state index contributed by atoms with van der Waals surface area (Å²) in [4.78, 5) is 6.91. The van der Waals surface area contributed by atoms with Crippen molar-refractivity contribution in [3.63, 3.8) is 0 Å². The van der Waals surface area contributed by atoms with Crippen LogP contribution in [-0.4, -0.2) is 11.4 Å². The monoisotopic (exact) mass is 239 g/mol. The quantitative estimate of drug-likeness (QED) is 0.382. The summed E-state index contributed by atoms with van der Waals surface area (Å²) in [5.41, 5.74) is 0. The third kappa shape index (κ3) is 3.94. The van der Waals surface area contributed by atoms with E-state index < -0.39 is 0 Å². The van der Waals surface area contributed by atoms with Crippen molar-refractivity contribution in [1.82, 2.24) is 5.32 Å². The molecule has 1 heterocycles. The number of rotatable bonds is 3. The lowest BCUT2D eigenvalue weighted by Crippen LogP contribution is -2.13. The molecule has 1 N–H and O–H groups in total. The molecule has 1 rings (SSSR count). The van der Waals surface area contributed by atoms with Crippen LogP contribution in [0.25, 0.3) is 0 Å². The third-order valence-electron chi connectivity index (χ3n) is 1.80. The third-order valence-corrected chi connectivity index (χ3v) is 3.63. The van der Waals surface area contributed by atoms with E-state index in [9.17, 15) is 0 Å². The van der Waals surface area contributed by atoms with Gasteiger partial charge >= 0.3 is 0 Å². The van der Waals surface area contributed by atoms with Gasteiger partial charge in [-0.2, -0.15) is 5.26 Å². The van der Waals surface area contributed by atoms with Gasteiger partial charge in [-0.1, -0.05) is 18.7 Å². The summed E-state index contributed by atoms with van der Waals surface area (Å²) in [6.45, 7) is 2.79. The Labute approximate surface area is 98.2 Å². The second-order valence-corrected chi connectivity index (χ2v) is 4.83. The number of amidine groups is 1. The first kappa shape index (κ1) is 12.1. The number of aliphatic imine (C=N–C) groups is 1. The maximum Gasteiger partial charge on any atom is 0.183 e. The SMILES string of the molecule is CCc1ccc(CN=C(NC#N)SC)s1. The summed E-state index contributed by atoms with van der Waals surface area (Å²) < 4.78 is 0. The second-order valence-electron chi connectivity index (χ2n) is 2.78. The van der Waals surface area contributed by atoms with Crippen LogP contribution in [0.5, 0.6) is 0 Å². The standard InChI is InChI=1S/C10H13N3S2/c1-3-8-4-5-9(15-8)6-12-10(14-2)13-7-11/h4-5H,3,6H2,1-2H3,(H,12,13). The van der Waals surface area contributed by atoms with Crippen LogP contribution < -0.4 is 5.32 Å². The van der Waals surface area contributed by atoms with Gasteiger partial charge in [0.15, 0.2) is 11.4 Å². The van der Waals surface area contributed by atoms with Crippen molar-refractivity contribution in [3.8, 4) is 6.19 Å². The van der Waals surface area contributed by atoms with Crippen molar-refractivity contribution in [2.45, 2.75) is 19.9 Å². The average Bonchev–Trinajstić information content (AvgIpc) is 2.72. The predicted octanol–water partition coefficient (Wildman–Crippen LogP) is 2.60. The molecule has 0 bridgehead atoms. The zero-order valence-electron chi connectivity index (χ0n) is 8.78. The van der Waals surface area contributed by atoms with Gasteiger partial charge in [0.25, 0.3) is 0 Å². The number of nitrogens with one attached hydrogen (secondary N) is 1. The molecule has 1 aromatic rings. The van der Waals surface area contributed by atoms with Crippen LogP contribution in [-0.2, 0) is 13.0 Å². The molecule has 0 aliphatic heterocycles. The van der Waals surface area contributed by atoms with Gasteiger partial charge in [0, 0.05) is 9.75 Å². The summed E-state index contributed by atoms with van der Waals surface area (Å²) in [6, 6.07) is 4.23. The number of hydrogen-bond acceptors (Lipinski definition) is 4. The maximum absolute atomic E-state index is 8.45. The highest BCUT2D eigenvalue weighted by atomic mass is 32.2. The first-order chi connectivity index (χ1) is 7.30. The van der Waals surface area contributed by atoms with Gasteiger partial charge in [0.05, 0.1) is 6.54 Å². The Morgan fingerprint density at radius 3 is 2.87 bits per heavy atom. The minimum Gasteiger partial charge on any atom is -0.272 e. The molecule has 3 nitrogen and oxygen atoms in total. The molecular formula is C10H13N3S2. The van der Waals surface area contributed by atoms with Gasteiger partial charge in [-0.05, 0) is 24.8 Å². The molecule has 0 atom stereocenters. The second kappa shape index (κ2) is 6.49. The van der Waals surface area contributed by atoms with E-state index in [0.29, 0.717) is 11.7 Å². The molecule has 0 amide bonds. The highest BCUT2D eigenvalue weighted by molar-refractivity contribution is 8.13. The summed E-state index contributed by atoms with van der Waals surface area (Å²) in [5.74, 6) is 0. The molecule has 15 heavy (non-hydrogen) atoms. The highest BCUT2D eigenvalue weighted by Crippen LogP contribution is 2.17. The number of hydrogen-bond donors (Lipinski definition) is 1. The minimum atomic E-state index is 0.648. The van der Waals surface area contributed by atoms with Crippen molar-refractivity contribution in [2.24, 2.45) is 4.99 Å². The molecule has 0 aliphatic carbocycles. The Balaban J connectivity index is 2.58. The van der Waals surface area contributed by atoms with Crippen molar-refractivity contribution in [1.29, 1.82) is 5.26 Å². The van der Waals surface area contributed by atoms with E-state index in [1.165, 1.54) is 21.5 Å². The fourth-order valence-corrected chi connectivity index (χ4v) is 2.27. The van der Waals surface area contributed by atoms with Crippen LogP contribution in [0, 0.1) is 11.5 Å². The molecule has 0 aliphatic rings.